The van der Waals surface area contributed by atoms with E-state index in [-0.39, 0.29) is 24.0 Å². The fourth-order valence-electron chi connectivity index (χ4n) is 5.00. The van der Waals surface area contributed by atoms with Gasteiger partial charge in [-0.2, -0.15) is 0 Å². The maximum atomic E-state index is 14.8. The number of aromatic nitrogens is 2. The third-order valence-electron chi connectivity index (χ3n) is 6.47. The van der Waals surface area contributed by atoms with Gasteiger partial charge in [-0.25, -0.2) is 4.39 Å². The van der Waals surface area contributed by atoms with Crippen LogP contribution in [0.1, 0.15) is 48.6 Å². The van der Waals surface area contributed by atoms with E-state index in [2.05, 4.69) is 21.3 Å². The average molecular weight is 501 g/mol. The highest BCUT2D eigenvalue weighted by Crippen LogP contribution is 2.44. The first-order chi connectivity index (χ1) is 17.3. The molecule has 0 unspecified atom stereocenters. The van der Waals surface area contributed by atoms with Crippen molar-refractivity contribution in [2.45, 2.75) is 45.9 Å². The van der Waals surface area contributed by atoms with Crippen LogP contribution in [0.3, 0.4) is 0 Å². The molecule has 1 N–H and O–H groups in total. The molecule has 2 aromatic carbocycles. The summed E-state index contributed by atoms with van der Waals surface area (Å²) in [6.45, 7) is 8.05. The Bertz CT molecular complexity index is 1380. The van der Waals surface area contributed by atoms with E-state index in [0.717, 1.165) is 34.1 Å². The highest BCUT2D eigenvalue weighted by molar-refractivity contribution is 7.80. The standard InChI is InChI=1S/C29H29FN4OS/c1-18(2)35-22-14-12-21(13-15-22)34-28(27(32-29(34)36)25-10-7-8-16-31-25)23-17-19(3)33(20(23)4)26-11-6-5-9-24(26)30/h5-18,27-28H,1-4H3,(H,32,36)/t27-,28-/m0/s1. The molecule has 0 saturated carbocycles. The Balaban J connectivity index is 1.64. The lowest BCUT2D eigenvalue weighted by Crippen LogP contribution is -2.29. The van der Waals surface area contributed by atoms with Gasteiger partial charge in [0.2, 0.25) is 0 Å². The van der Waals surface area contributed by atoms with Crippen LogP contribution in [0.15, 0.2) is 79.0 Å². The highest BCUT2D eigenvalue weighted by atomic mass is 32.1. The number of halogens is 1. The average Bonchev–Trinajstić information content (AvgIpc) is 3.35. The predicted octanol–water partition coefficient (Wildman–Crippen LogP) is 6.59. The van der Waals surface area contributed by atoms with E-state index in [1.165, 1.54) is 6.07 Å². The highest BCUT2D eigenvalue weighted by Gasteiger charge is 2.42. The topological polar surface area (TPSA) is 42.3 Å². The van der Waals surface area contributed by atoms with E-state index >= 15 is 0 Å². The fraction of sp³-hybridized carbons (Fsp3) is 0.241. The van der Waals surface area contributed by atoms with Gasteiger partial charge in [0.25, 0.3) is 0 Å². The minimum atomic E-state index is -0.259. The van der Waals surface area contributed by atoms with Crippen molar-refractivity contribution in [3.8, 4) is 11.4 Å². The van der Waals surface area contributed by atoms with E-state index in [1.807, 2.05) is 80.8 Å². The third kappa shape index (κ3) is 4.35. The Kier molecular flexibility index (Phi) is 6.49. The van der Waals surface area contributed by atoms with Crippen LogP contribution in [-0.4, -0.2) is 20.8 Å². The SMILES string of the molecule is Cc1cc([C@H]2[C@H](c3ccccn3)NC(=S)N2c2ccc(OC(C)C)cc2)c(C)n1-c1ccccc1F. The van der Waals surface area contributed by atoms with E-state index in [4.69, 9.17) is 17.0 Å². The van der Waals surface area contributed by atoms with E-state index < -0.39 is 0 Å². The molecule has 2 aromatic heterocycles. The van der Waals surface area contributed by atoms with Crippen molar-refractivity contribution >= 4 is 23.0 Å². The lowest BCUT2D eigenvalue weighted by molar-refractivity contribution is 0.242. The number of pyridine rings is 1. The molecule has 0 spiro atoms. The molecule has 1 saturated heterocycles. The number of hydrogen-bond donors (Lipinski definition) is 1. The lowest BCUT2D eigenvalue weighted by atomic mass is 9.96. The summed E-state index contributed by atoms with van der Waals surface area (Å²) in [6, 6.07) is 22.5. The molecular formula is C29H29FN4OS. The minimum Gasteiger partial charge on any atom is -0.491 e. The van der Waals surface area contributed by atoms with Crippen LogP contribution in [0.4, 0.5) is 10.1 Å². The molecule has 4 aromatic rings. The Morgan fingerprint density at radius 1 is 1.00 bits per heavy atom. The van der Waals surface area contributed by atoms with Gasteiger partial charge in [-0.15, -0.1) is 0 Å². The lowest BCUT2D eigenvalue weighted by Gasteiger charge is -2.28. The van der Waals surface area contributed by atoms with Gasteiger partial charge in [-0.1, -0.05) is 18.2 Å². The molecule has 1 fully saturated rings. The molecule has 36 heavy (non-hydrogen) atoms. The van der Waals surface area contributed by atoms with Gasteiger partial charge in [0.05, 0.1) is 29.6 Å². The first-order valence-corrected chi connectivity index (χ1v) is 12.5. The zero-order valence-corrected chi connectivity index (χ0v) is 21.6. The molecule has 1 aliphatic rings. The summed E-state index contributed by atoms with van der Waals surface area (Å²) in [5.74, 6) is 0.548. The first-order valence-electron chi connectivity index (χ1n) is 12.1. The smallest absolute Gasteiger partial charge is 0.174 e. The second-order valence-corrected chi connectivity index (χ2v) is 9.66. The molecule has 0 aliphatic carbocycles. The third-order valence-corrected chi connectivity index (χ3v) is 6.78. The molecule has 0 amide bonds. The molecule has 5 rings (SSSR count). The molecule has 1 aliphatic heterocycles. The summed E-state index contributed by atoms with van der Waals surface area (Å²) in [5, 5.41) is 4.12. The zero-order chi connectivity index (χ0) is 25.4. The van der Waals surface area contributed by atoms with Gasteiger partial charge in [-0.3, -0.25) is 4.98 Å². The first kappa shape index (κ1) is 24.0. The number of thiocarbonyl (C=S) groups is 1. The molecule has 2 atom stereocenters. The Labute approximate surface area is 216 Å². The summed E-state index contributed by atoms with van der Waals surface area (Å²) in [5.41, 5.74) is 5.33. The number of benzene rings is 2. The minimum absolute atomic E-state index is 0.0930. The summed E-state index contributed by atoms with van der Waals surface area (Å²) in [7, 11) is 0. The second-order valence-electron chi connectivity index (χ2n) is 9.27. The van der Waals surface area contributed by atoms with Crippen LogP contribution in [0.5, 0.6) is 5.75 Å². The Morgan fingerprint density at radius 3 is 2.39 bits per heavy atom. The number of para-hydroxylation sites is 1. The van der Waals surface area contributed by atoms with Crippen LogP contribution in [-0.2, 0) is 0 Å². The monoisotopic (exact) mass is 500 g/mol. The van der Waals surface area contributed by atoms with E-state index in [1.54, 1.807) is 18.3 Å². The van der Waals surface area contributed by atoms with E-state index in [9.17, 15) is 4.39 Å². The van der Waals surface area contributed by atoms with Gasteiger partial charge in [-0.05, 0) is 100 Å². The van der Waals surface area contributed by atoms with Gasteiger partial charge < -0.3 is 19.5 Å². The molecular weight excluding hydrogens is 471 g/mol. The van der Waals surface area contributed by atoms with Gasteiger partial charge in [0, 0.05) is 23.3 Å². The fourth-order valence-corrected chi connectivity index (χ4v) is 5.34. The Hall–Kier alpha value is -3.71. The number of ether oxygens (including phenoxy) is 1. The molecule has 3 heterocycles. The molecule has 184 valence electrons. The second kappa shape index (κ2) is 9.74. The number of anilines is 1. The summed E-state index contributed by atoms with van der Waals surface area (Å²) < 4.78 is 22.6. The molecule has 0 bridgehead atoms. The summed E-state index contributed by atoms with van der Waals surface area (Å²) in [6.07, 6.45) is 1.89. The number of hydrogen-bond acceptors (Lipinski definition) is 3. The van der Waals surface area contributed by atoms with E-state index in [0.29, 0.717) is 10.8 Å². The van der Waals surface area contributed by atoms with Crippen molar-refractivity contribution in [3.63, 3.8) is 0 Å². The van der Waals surface area contributed by atoms with Crippen LogP contribution in [0, 0.1) is 19.7 Å². The van der Waals surface area contributed by atoms with Gasteiger partial charge >= 0.3 is 0 Å². The van der Waals surface area contributed by atoms with Crippen LogP contribution >= 0.6 is 12.2 Å². The van der Waals surface area contributed by atoms with Crippen molar-refractivity contribution in [1.29, 1.82) is 0 Å². The Morgan fingerprint density at radius 2 is 1.72 bits per heavy atom. The summed E-state index contributed by atoms with van der Waals surface area (Å²) in [4.78, 5) is 6.77. The van der Waals surface area contributed by atoms with Crippen molar-refractivity contribution in [2.75, 3.05) is 4.90 Å². The van der Waals surface area contributed by atoms with Crippen LogP contribution in [0.25, 0.3) is 5.69 Å². The normalized spacial score (nSPS) is 17.5. The number of nitrogens with zero attached hydrogens (tertiary/aromatic N) is 3. The largest absolute Gasteiger partial charge is 0.491 e. The van der Waals surface area contributed by atoms with Crippen molar-refractivity contribution in [1.82, 2.24) is 14.9 Å². The quantitative estimate of drug-likeness (QED) is 0.303. The number of rotatable bonds is 6. The van der Waals surface area contributed by atoms with Crippen LogP contribution < -0.4 is 15.0 Å². The zero-order valence-electron chi connectivity index (χ0n) is 20.8. The maximum absolute atomic E-state index is 14.8. The van der Waals surface area contributed by atoms with Crippen molar-refractivity contribution < 1.29 is 9.13 Å². The van der Waals surface area contributed by atoms with Gasteiger partial charge in [0.1, 0.15) is 11.6 Å². The molecule has 5 nitrogen and oxygen atoms in total. The molecule has 0 radical (unpaired) electrons. The number of nitrogens with one attached hydrogen (secondary N) is 1. The van der Waals surface area contributed by atoms with Crippen LogP contribution in [0.2, 0.25) is 0 Å². The number of aryl methyl sites for hydroxylation is 1. The summed E-state index contributed by atoms with van der Waals surface area (Å²) >= 11 is 5.87. The maximum Gasteiger partial charge on any atom is 0.174 e. The van der Waals surface area contributed by atoms with Crippen molar-refractivity contribution in [2.24, 2.45) is 0 Å². The predicted molar refractivity (Wildman–Crippen MR) is 145 cm³/mol. The van der Waals surface area contributed by atoms with Gasteiger partial charge in [0.15, 0.2) is 5.11 Å². The molecule has 7 heteroatoms. The van der Waals surface area contributed by atoms with Crippen molar-refractivity contribution in [3.05, 3.63) is 107 Å².